The lowest BCUT2D eigenvalue weighted by Crippen LogP contribution is -2.60. The first-order valence-corrected chi connectivity index (χ1v) is 11.3. The molecular weight excluding hydrogens is 396 g/mol. The van der Waals surface area contributed by atoms with Crippen LogP contribution in [0.5, 0.6) is 5.75 Å². The third kappa shape index (κ3) is 6.71. The number of nitrogens with one attached hydrogen (secondary N) is 1. The van der Waals surface area contributed by atoms with E-state index in [0.29, 0.717) is 31.2 Å². The predicted octanol–water partition coefficient (Wildman–Crippen LogP) is 3.27. The number of hydrogen-bond acceptors (Lipinski definition) is 5. The third-order valence-corrected chi connectivity index (χ3v) is 5.53. The molecule has 0 spiro atoms. The zero-order chi connectivity index (χ0) is 23.0. The molecule has 2 amide bonds. The van der Waals surface area contributed by atoms with Crippen molar-refractivity contribution in [2.75, 3.05) is 19.7 Å². The Morgan fingerprint density at radius 1 is 1.16 bits per heavy atom. The number of rotatable bonds is 10. The van der Waals surface area contributed by atoms with Crippen LogP contribution in [0, 0.1) is 5.92 Å². The highest BCUT2D eigenvalue weighted by Gasteiger charge is 2.38. The maximum Gasteiger partial charge on any atom is 0.308 e. The number of benzene rings is 1. The fraction of sp³-hybridized carbons (Fsp3) is 0.625. The third-order valence-electron chi connectivity index (χ3n) is 5.53. The van der Waals surface area contributed by atoms with Crippen LogP contribution >= 0.6 is 0 Å². The van der Waals surface area contributed by atoms with Crippen molar-refractivity contribution < 1.29 is 23.9 Å². The van der Waals surface area contributed by atoms with E-state index < -0.39 is 18.1 Å². The second-order valence-electron chi connectivity index (χ2n) is 8.48. The average Bonchev–Trinajstić information content (AvgIpc) is 2.76. The number of esters is 1. The molecular formula is C24H36N2O5. The number of nitrogens with zero attached hydrogens (tertiary/aromatic N) is 1. The van der Waals surface area contributed by atoms with Gasteiger partial charge in [-0.15, -0.1) is 0 Å². The molecule has 1 aromatic rings. The molecule has 0 aromatic heterocycles. The zero-order valence-electron chi connectivity index (χ0n) is 19.3. The maximum absolute atomic E-state index is 13.4. The first-order valence-electron chi connectivity index (χ1n) is 11.3. The molecule has 1 N–H and O–H groups in total. The van der Waals surface area contributed by atoms with Gasteiger partial charge in [0, 0.05) is 13.1 Å². The van der Waals surface area contributed by atoms with Gasteiger partial charge in [0.25, 0.3) is 5.91 Å². The Bertz CT molecular complexity index is 764. The Morgan fingerprint density at radius 3 is 2.52 bits per heavy atom. The summed E-state index contributed by atoms with van der Waals surface area (Å²) in [6.07, 6.45) is 0.517. The number of hydrogen-bond donors (Lipinski definition) is 1. The number of para-hydroxylation sites is 1. The fourth-order valence-corrected chi connectivity index (χ4v) is 3.52. The van der Waals surface area contributed by atoms with E-state index in [4.69, 9.17) is 9.47 Å². The first-order chi connectivity index (χ1) is 14.8. The van der Waals surface area contributed by atoms with E-state index in [1.54, 1.807) is 0 Å². The van der Waals surface area contributed by atoms with E-state index in [2.05, 4.69) is 19.2 Å². The summed E-state index contributed by atoms with van der Waals surface area (Å²) >= 11 is 0. The number of carbonyl (C=O) groups is 3. The van der Waals surface area contributed by atoms with Gasteiger partial charge in [0.2, 0.25) is 5.91 Å². The predicted molar refractivity (Wildman–Crippen MR) is 119 cm³/mol. The number of amides is 2. The summed E-state index contributed by atoms with van der Waals surface area (Å²) in [5.41, 5.74) is 1.06. The molecule has 0 aliphatic carbocycles. The van der Waals surface area contributed by atoms with Crippen LogP contribution in [0.3, 0.4) is 0 Å². The van der Waals surface area contributed by atoms with Crippen LogP contribution in [0.4, 0.5) is 0 Å². The van der Waals surface area contributed by atoms with Crippen LogP contribution in [0.25, 0.3) is 0 Å². The summed E-state index contributed by atoms with van der Waals surface area (Å²) in [6.45, 7) is 11.0. The minimum Gasteiger partial charge on any atom is -0.480 e. The summed E-state index contributed by atoms with van der Waals surface area (Å²) in [6, 6.07) is 6.86. The molecule has 2 rings (SSSR count). The second kappa shape index (κ2) is 11.7. The molecule has 1 fully saturated rings. The average molecular weight is 433 g/mol. The van der Waals surface area contributed by atoms with Crippen molar-refractivity contribution in [3.05, 3.63) is 29.8 Å². The van der Waals surface area contributed by atoms with Gasteiger partial charge in [0.1, 0.15) is 11.8 Å². The van der Waals surface area contributed by atoms with Gasteiger partial charge >= 0.3 is 5.97 Å². The second-order valence-corrected chi connectivity index (χ2v) is 8.48. The van der Waals surface area contributed by atoms with Crippen LogP contribution in [-0.2, 0) is 19.1 Å². The first kappa shape index (κ1) is 24.7. The molecule has 1 aliphatic rings. The van der Waals surface area contributed by atoms with E-state index >= 15 is 0 Å². The summed E-state index contributed by atoms with van der Waals surface area (Å²) < 4.78 is 11.4. The smallest absolute Gasteiger partial charge is 0.308 e. The Balaban J connectivity index is 2.17. The molecule has 1 heterocycles. The summed E-state index contributed by atoms with van der Waals surface area (Å²) in [5.74, 6) is 0.0864. The van der Waals surface area contributed by atoms with Gasteiger partial charge in [0.05, 0.1) is 13.0 Å². The number of ether oxygens (including phenoxy) is 2. The lowest BCUT2D eigenvalue weighted by molar-refractivity contribution is -0.155. The standard InChI is InChI=1S/C24H36N2O5/c1-6-17(5)18-10-8-9-11-21(18)31-20(7-2)24(29)26-13-12-25-23(28)19(26)14-22(27)30-15-16(3)4/h8-11,16-17,19-20H,6-7,12-15H2,1-5H3,(H,25,28). The normalized spacial score (nSPS) is 18.3. The Hall–Kier alpha value is -2.57. The van der Waals surface area contributed by atoms with Gasteiger partial charge in [-0.2, -0.15) is 0 Å². The molecule has 7 nitrogen and oxygen atoms in total. The molecule has 0 bridgehead atoms. The fourth-order valence-electron chi connectivity index (χ4n) is 3.52. The molecule has 1 saturated heterocycles. The van der Waals surface area contributed by atoms with E-state index in [0.717, 1.165) is 12.0 Å². The van der Waals surface area contributed by atoms with E-state index in [-0.39, 0.29) is 30.8 Å². The molecule has 31 heavy (non-hydrogen) atoms. The van der Waals surface area contributed by atoms with Crippen LogP contribution in [0.1, 0.15) is 65.4 Å². The topological polar surface area (TPSA) is 84.9 Å². The van der Waals surface area contributed by atoms with Crippen molar-refractivity contribution in [2.45, 2.75) is 71.9 Å². The van der Waals surface area contributed by atoms with Gasteiger partial charge in [0.15, 0.2) is 6.10 Å². The highest BCUT2D eigenvalue weighted by Crippen LogP contribution is 2.30. The van der Waals surface area contributed by atoms with Crippen molar-refractivity contribution in [3.8, 4) is 5.75 Å². The molecule has 172 valence electrons. The largest absolute Gasteiger partial charge is 0.480 e. The van der Waals surface area contributed by atoms with Gasteiger partial charge in [-0.1, -0.05) is 52.8 Å². The Labute approximate surface area is 185 Å². The van der Waals surface area contributed by atoms with Crippen molar-refractivity contribution in [2.24, 2.45) is 5.92 Å². The minimum absolute atomic E-state index is 0.163. The van der Waals surface area contributed by atoms with Crippen LogP contribution in [0.15, 0.2) is 24.3 Å². The SMILES string of the molecule is CCC(Oc1ccccc1C(C)CC)C(=O)N1CCNC(=O)C1CC(=O)OCC(C)C. The highest BCUT2D eigenvalue weighted by molar-refractivity contribution is 5.93. The number of carbonyl (C=O) groups excluding carboxylic acids is 3. The summed E-state index contributed by atoms with van der Waals surface area (Å²) in [5, 5.41) is 2.74. The van der Waals surface area contributed by atoms with E-state index in [9.17, 15) is 14.4 Å². The van der Waals surface area contributed by atoms with Crippen LogP contribution in [-0.4, -0.2) is 54.5 Å². The van der Waals surface area contributed by atoms with Crippen molar-refractivity contribution in [3.63, 3.8) is 0 Å². The maximum atomic E-state index is 13.4. The molecule has 1 aliphatic heterocycles. The molecule has 1 aromatic carbocycles. The van der Waals surface area contributed by atoms with Gasteiger partial charge in [-0.25, -0.2) is 0 Å². The lowest BCUT2D eigenvalue weighted by atomic mass is 9.97. The quantitative estimate of drug-likeness (QED) is 0.574. The van der Waals surface area contributed by atoms with Crippen molar-refractivity contribution in [1.82, 2.24) is 10.2 Å². The van der Waals surface area contributed by atoms with E-state index in [1.807, 2.05) is 45.0 Å². The molecule has 7 heteroatoms. The van der Waals surface area contributed by atoms with Crippen LogP contribution < -0.4 is 10.1 Å². The lowest BCUT2D eigenvalue weighted by Gasteiger charge is -2.36. The summed E-state index contributed by atoms with van der Waals surface area (Å²) in [4.78, 5) is 39.5. The number of piperazine rings is 1. The molecule has 0 radical (unpaired) electrons. The van der Waals surface area contributed by atoms with Crippen molar-refractivity contribution >= 4 is 17.8 Å². The Kier molecular flexibility index (Phi) is 9.34. The summed E-state index contributed by atoms with van der Waals surface area (Å²) in [7, 11) is 0. The molecule has 0 saturated carbocycles. The minimum atomic E-state index is -0.886. The van der Waals surface area contributed by atoms with E-state index in [1.165, 1.54) is 4.90 Å². The van der Waals surface area contributed by atoms with Crippen molar-refractivity contribution in [1.29, 1.82) is 0 Å². The Morgan fingerprint density at radius 2 is 1.87 bits per heavy atom. The molecule has 3 atom stereocenters. The molecule has 3 unspecified atom stereocenters. The van der Waals surface area contributed by atoms with Gasteiger partial charge in [-0.05, 0) is 36.3 Å². The van der Waals surface area contributed by atoms with Crippen LogP contribution in [0.2, 0.25) is 0 Å². The monoisotopic (exact) mass is 432 g/mol. The zero-order valence-corrected chi connectivity index (χ0v) is 19.3. The van der Waals surface area contributed by atoms with Gasteiger partial charge < -0.3 is 19.7 Å². The highest BCUT2D eigenvalue weighted by atomic mass is 16.5. The van der Waals surface area contributed by atoms with Gasteiger partial charge in [-0.3, -0.25) is 14.4 Å².